The topological polar surface area (TPSA) is 94.6 Å². The van der Waals surface area contributed by atoms with E-state index in [4.69, 9.17) is 15.6 Å². The molecule has 0 radical (unpaired) electrons. The molecule has 162 valence electrons. The first kappa shape index (κ1) is 22.1. The van der Waals surface area contributed by atoms with Gasteiger partial charge < -0.3 is 20.1 Å². The predicted molar refractivity (Wildman–Crippen MR) is 117 cm³/mol. The van der Waals surface area contributed by atoms with Crippen LogP contribution in [-0.4, -0.2) is 28.2 Å². The predicted octanol–water partition coefficient (Wildman–Crippen LogP) is 4.13. The number of fused-ring (bicyclic) bond motifs is 3. The highest BCUT2D eigenvalue weighted by atomic mass is 19.1. The van der Waals surface area contributed by atoms with Gasteiger partial charge >= 0.3 is 5.97 Å². The molecule has 1 amide bonds. The lowest BCUT2D eigenvalue weighted by molar-refractivity contribution is -0.139. The number of hydrogen-bond acceptors (Lipinski definition) is 3. The number of nitrogens with two attached hydrogens (primary N) is 1. The normalized spacial score (nSPS) is 12.4. The zero-order valence-electron chi connectivity index (χ0n) is 17.5. The first-order valence-electron chi connectivity index (χ1n) is 10.2. The third kappa shape index (κ3) is 4.30. The van der Waals surface area contributed by atoms with Crippen LogP contribution >= 0.6 is 0 Å². The van der Waals surface area contributed by atoms with Crippen molar-refractivity contribution in [2.75, 3.05) is 6.61 Å². The number of carbonyl (C=O) groups is 2. The smallest absolute Gasteiger partial charge is 0.341 e. The van der Waals surface area contributed by atoms with E-state index in [0.29, 0.717) is 35.9 Å². The molecule has 0 unspecified atom stereocenters. The van der Waals surface area contributed by atoms with Crippen LogP contribution in [0, 0.1) is 5.82 Å². The van der Waals surface area contributed by atoms with E-state index in [1.807, 2.05) is 48.7 Å². The van der Waals surface area contributed by atoms with Crippen molar-refractivity contribution in [3.63, 3.8) is 0 Å². The third-order valence-electron chi connectivity index (χ3n) is 5.02. The molecular formula is C24H25FN2O4. The van der Waals surface area contributed by atoms with Crippen LogP contribution in [-0.2, 0) is 22.6 Å². The van der Waals surface area contributed by atoms with Crippen LogP contribution in [0.1, 0.15) is 37.1 Å². The molecule has 31 heavy (non-hydrogen) atoms. The lowest BCUT2D eigenvalue weighted by Crippen LogP contribution is -2.17. The van der Waals surface area contributed by atoms with Gasteiger partial charge in [-0.25, -0.2) is 9.18 Å². The number of carbonyl (C=O) groups excluding carboxylic acids is 1. The molecular weight excluding hydrogens is 399 g/mol. The molecule has 0 fully saturated rings. The highest BCUT2D eigenvalue weighted by Crippen LogP contribution is 2.42. The van der Waals surface area contributed by atoms with Crippen molar-refractivity contribution in [3.05, 3.63) is 71.2 Å². The number of aliphatic carboxylic acids is 1. The summed E-state index contributed by atoms with van der Waals surface area (Å²) in [6, 6.07) is 12.2. The minimum Gasteiger partial charge on any atom is -0.481 e. The minimum atomic E-state index is -1.15. The second-order valence-electron chi connectivity index (χ2n) is 6.87. The summed E-state index contributed by atoms with van der Waals surface area (Å²) >= 11 is 0. The van der Waals surface area contributed by atoms with Gasteiger partial charge in [0, 0.05) is 23.4 Å². The van der Waals surface area contributed by atoms with Crippen LogP contribution in [0.5, 0.6) is 5.75 Å². The molecule has 1 aliphatic rings. The number of aromatic nitrogens is 1. The fourth-order valence-electron chi connectivity index (χ4n) is 3.90. The van der Waals surface area contributed by atoms with Gasteiger partial charge in [0.25, 0.3) is 0 Å². The highest BCUT2D eigenvalue weighted by molar-refractivity contribution is 6.23. The highest BCUT2D eigenvalue weighted by Gasteiger charge is 2.29. The Kier molecular flexibility index (Phi) is 6.74. The summed E-state index contributed by atoms with van der Waals surface area (Å²) in [5.41, 5.74) is 8.45. The first-order valence-corrected chi connectivity index (χ1v) is 10.2. The quantitative estimate of drug-likeness (QED) is 0.622. The number of primary amides is 1. The van der Waals surface area contributed by atoms with E-state index in [1.165, 1.54) is 12.1 Å². The standard InChI is InChI=1S/C22H19FN2O4.C2H6/c23-15-9-10-17(29-12-18(26)27)20-19-14(22(24)28)7-4-8-16(19)25(21(15)20)11-13-5-2-1-3-6-13;1-2/h1-3,5-7,9-10H,4,8,11-12H2,(H2,24,28)(H,26,27);1-2H3. The summed E-state index contributed by atoms with van der Waals surface area (Å²) in [7, 11) is 0. The average Bonchev–Trinajstić information content (AvgIpc) is 3.10. The largest absolute Gasteiger partial charge is 0.481 e. The molecule has 0 saturated carbocycles. The van der Waals surface area contributed by atoms with E-state index in [-0.39, 0.29) is 11.3 Å². The maximum Gasteiger partial charge on any atom is 0.341 e. The van der Waals surface area contributed by atoms with Crippen LogP contribution in [0.3, 0.4) is 0 Å². The number of halogens is 1. The van der Waals surface area contributed by atoms with E-state index < -0.39 is 24.3 Å². The molecule has 0 aliphatic heterocycles. The molecule has 0 atom stereocenters. The van der Waals surface area contributed by atoms with Gasteiger partial charge in [0.2, 0.25) is 5.91 Å². The number of hydrogen-bond donors (Lipinski definition) is 2. The van der Waals surface area contributed by atoms with Gasteiger partial charge in [0.15, 0.2) is 6.61 Å². The molecule has 1 aliphatic carbocycles. The Morgan fingerprint density at radius 1 is 1.16 bits per heavy atom. The maximum atomic E-state index is 15.0. The Bertz CT molecular complexity index is 1150. The third-order valence-corrected chi connectivity index (χ3v) is 5.02. The Labute approximate surface area is 179 Å². The fourth-order valence-corrected chi connectivity index (χ4v) is 3.90. The molecule has 2 aromatic carbocycles. The van der Waals surface area contributed by atoms with Crippen LogP contribution in [0.15, 0.2) is 48.5 Å². The average molecular weight is 424 g/mol. The summed E-state index contributed by atoms with van der Waals surface area (Å²) in [5.74, 6) is -2.03. The second-order valence-corrected chi connectivity index (χ2v) is 6.87. The van der Waals surface area contributed by atoms with Gasteiger partial charge in [0.05, 0.1) is 10.9 Å². The number of carboxylic acid groups (broad SMARTS) is 1. The van der Waals surface area contributed by atoms with Crippen molar-refractivity contribution >= 4 is 28.4 Å². The Balaban J connectivity index is 0.00000132. The molecule has 6 nitrogen and oxygen atoms in total. The number of benzene rings is 2. The second kappa shape index (κ2) is 9.47. The van der Waals surface area contributed by atoms with Crippen LogP contribution in [0.25, 0.3) is 16.5 Å². The molecule has 0 saturated heterocycles. The minimum absolute atomic E-state index is 0.209. The van der Waals surface area contributed by atoms with E-state index >= 15 is 4.39 Å². The van der Waals surface area contributed by atoms with E-state index in [2.05, 4.69) is 0 Å². The van der Waals surface area contributed by atoms with Gasteiger partial charge in [-0.2, -0.15) is 0 Å². The summed E-state index contributed by atoms with van der Waals surface area (Å²) in [6.45, 7) is 3.83. The monoisotopic (exact) mass is 424 g/mol. The van der Waals surface area contributed by atoms with Gasteiger partial charge in [-0.1, -0.05) is 50.3 Å². The summed E-state index contributed by atoms with van der Waals surface area (Å²) in [5, 5.41) is 9.37. The molecule has 4 rings (SSSR count). The number of nitrogens with zero attached hydrogens (tertiary/aromatic N) is 1. The summed E-state index contributed by atoms with van der Waals surface area (Å²) in [4.78, 5) is 23.1. The number of amides is 1. The van der Waals surface area contributed by atoms with Gasteiger partial charge in [-0.3, -0.25) is 4.79 Å². The number of rotatable bonds is 6. The fraction of sp³-hybridized carbons (Fsp3) is 0.250. The lowest BCUT2D eigenvalue weighted by atomic mass is 9.93. The number of allylic oxidation sites excluding steroid dienone is 1. The maximum absolute atomic E-state index is 15.0. The summed E-state index contributed by atoms with van der Waals surface area (Å²) in [6.07, 6.45) is 2.94. The molecule has 1 heterocycles. The summed E-state index contributed by atoms with van der Waals surface area (Å²) < 4.78 is 22.3. The number of ether oxygens (including phenoxy) is 1. The van der Waals surface area contributed by atoms with Crippen LogP contribution in [0.2, 0.25) is 0 Å². The molecule has 3 N–H and O–H groups in total. The molecule has 0 spiro atoms. The Hall–Kier alpha value is -3.61. The van der Waals surface area contributed by atoms with Gasteiger partial charge in [-0.05, 0) is 30.5 Å². The zero-order chi connectivity index (χ0) is 22.5. The number of carboxylic acids is 1. The van der Waals surface area contributed by atoms with E-state index in [0.717, 1.165) is 11.3 Å². The molecule has 0 bridgehead atoms. The van der Waals surface area contributed by atoms with Crippen LogP contribution in [0.4, 0.5) is 4.39 Å². The SMILES string of the molecule is CC.NC(=O)C1=CCCc2c1c1c(OCC(=O)O)ccc(F)c1n2Cc1ccccc1. The first-order chi connectivity index (χ1) is 15.0. The lowest BCUT2D eigenvalue weighted by Gasteiger charge is -2.16. The van der Waals surface area contributed by atoms with Crippen LogP contribution < -0.4 is 10.5 Å². The van der Waals surface area contributed by atoms with Crippen molar-refractivity contribution in [1.29, 1.82) is 0 Å². The van der Waals surface area contributed by atoms with Crippen molar-refractivity contribution < 1.29 is 23.8 Å². The van der Waals surface area contributed by atoms with Crippen molar-refractivity contribution in [2.45, 2.75) is 33.2 Å². The Morgan fingerprint density at radius 2 is 1.87 bits per heavy atom. The van der Waals surface area contributed by atoms with E-state index in [9.17, 15) is 9.59 Å². The van der Waals surface area contributed by atoms with Crippen molar-refractivity contribution in [2.24, 2.45) is 5.73 Å². The molecule has 3 aromatic rings. The van der Waals surface area contributed by atoms with Gasteiger partial charge in [-0.15, -0.1) is 0 Å². The molecule has 1 aromatic heterocycles. The van der Waals surface area contributed by atoms with Crippen molar-refractivity contribution in [1.82, 2.24) is 4.57 Å². The van der Waals surface area contributed by atoms with E-state index in [1.54, 1.807) is 6.08 Å². The Morgan fingerprint density at radius 3 is 2.52 bits per heavy atom. The van der Waals surface area contributed by atoms with Gasteiger partial charge in [0.1, 0.15) is 11.6 Å². The molecule has 7 heteroatoms. The van der Waals surface area contributed by atoms with Crippen molar-refractivity contribution in [3.8, 4) is 5.75 Å². The zero-order valence-corrected chi connectivity index (χ0v) is 17.5.